The summed E-state index contributed by atoms with van der Waals surface area (Å²) in [6, 6.07) is 15.2. The highest BCUT2D eigenvalue weighted by molar-refractivity contribution is 6.01. The van der Waals surface area contributed by atoms with Crippen LogP contribution in [0.4, 0.5) is 13.2 Å². The van der Waals surface area contributed by atoms with Gasteiger partial charge in [0.05, 0.1) is 29.6 Å². The van der Waals surface area contributed by atoms with E-state index in [-0.39, 0.29) is 23.2 Å². The van der Waals surface area contributed by atoms with Gasteiger partial charge in [-0.3, -0.25) is 14.9 Å². The summed E-state index contributed by atoms with van der Waals surface area (Å²) in [6.45, 7) is -0.796. The van der Waals surface area contributed by atoms with Gasteiger partial charge in [-0.25, -0.2) is 13.2 Å². The molecule has 0 unspecified atom stereocenters. The minimum Gasteiger partial charge on any atom is -0.393 e. The summed E-state index contributed by atoms with van der Waals surface area (Å²) >= 11 is 0. The van der Waals surface area contributed by atoms with E-state index in [0.717, 1.165) is 0 Å². The second kappa shape index (κ2) is 10.3. The van der Waals surface area contributed by atoms with Crippen LogP contribution in [0, 0.1) is 11.6 Å². The molecule has 0 aliphatic carbocycles. The van der Waals surface area contributed by atoms with Crippen LogP contribution in [0.15, 0.2) is 72.9 Å². The first-order valence-corrected chi connectivity index (χ1v) is 10.5. The first kappa shape index (κ1) is 23.2. The molecule has 6 nitrogen and oxygen atoms in total. The van der Waals surface area contributed by atoms with Gasteiger partial charge in [-0.05, 0) is 54.6 Å². The molecule has 2 atom stereocenters. The number of alkyl halides is 1. The highest BCUT2D eigenvalue weighted by atomic mass is 19.1. The number of carbonyl (C=O) groups excluding carboxylic acids is 1. The van der Waals surface area contributed by atoms with Gasteiger partial charge >= 0.3 is 0 Å². The lowest BCUT2D eigenvalue weighted by Gasteiger charge is -2.22. The van der Waals surface area contributed by atoms with Crippen LogP contribution in [0.3, 0.4) is 0 Å². The van der Waals surface area contributed by atoms with Gasteiger partial charge < -0.3 is 10.4 Å². The van der Waals surface area contributed by atoms with Gasteiger partial charge in [-0.1, -0.05) is 12.1 Å². The van der Waals surface area contributed by atoms with Crippen LogP contribution in [0.1, 0.15) is 16.1 Å². The molecule has 0 aliphatic heterocycles. The molecule has 4 aromatic rings. The summed E-state index contributed by atoms with van der Waals surface area (Å²) in [5, 5.41) is 18.7. The Kier molecular flexibility index (Phi) is 7.03. The Morgan fingerprint density at radius 2 is 1.85 bits per heavy atom. The predicted octanol–water partition coefficient (Wildman–Crippen LogP) is 4.09. The molecule has 1 amide bonds. The summed E-state index contributed by atoms with van der Waals surface area (Å²) in [5.74, 6) is -1.80. The Morgan fingerprint density at radius 3 is 2.56 bits per heavy atom. The Labute approximate surface area is 193 Å². The highest BCUT2D eigenvalue weighted by Gasteiger charge is 2.26. The molecule has 0 spiro atoms. The normalized spacial score (nSPS) is 12.8. The molecule has 4 rings (SSSR count). The Hall–Kier alpha value is -3.98. The largest absolute Gasteiger partial charge is 0.393 e. The van der Waals surface area contributed by atoms with Gasteiger partial charge in [0.25, 0.3) is 5.91 Å². The molecule has 0 fully saturated rings. The van der Waals surface area contributed by atoms with Crippen molar-refractivity contribution in [2.24, 2.45) is 0 Å². The summed E-state index contributed by atoms with van der Waals surface area (Å²) in [7, 11) is 0. The third-order valence-corrected chi connectivity index (χ3v) is 5.33. The van der Waals surface area contributed by atoms with Gasteiger partial charge in [-0.15, -0.1) is 0 Å². The van der Waals surface area contributed by atoms with Crippen LogP contribution in [0.25, 0.3) is 22.5 Å². The van der Waals surface area contributed by atoms with Crippen molar-refractivity contribution >= 4 is 5.91 Å². The maximum absolute atomic E-state index is 14.9. The fraction of sp³-hybridized carbons (Fsp3) is 0.160. The number of aromatic amines is 1. The smallest absolute Gasteiger partial charge is 0.252 e. The molecule has 174 valence electrons. The first-order valence-electron chi connectivity index (χ1n) is 10.5. The molecule has 0 radical (unpaired) electrons. The van der Waals surface area contributed by atoms with E-state index in [1.807, 2.05) is 0 Å². The van der Waals surface area contributed by atoms with Crippen molar-refractivity contribution in [3.63, 3.8) is 0 Å². The topological polar surface area (TPSA) is 90.9 Å². The van der Waals surface area contributed by atoms with Crippen molar-refractivity contribution in [1.29, 1.82) is 0 Å². The van der Waals surface area contributed by atoms with Crippen LogP contribution >= 0.6 is 0 Å². The molecule has 34 heavy (non-hydrogen) atoms. The van der Waals surface area contributed by atoms with Gasteiger partial charge in [0, 0.05) is 29.4 Å². The molecular weight excluding hydrogens is 445 g/mol. The van der Waals surface area contributed by atoms with E-state index in [9.17, 15) is 23.1 Å². The molecule has 0 bridgehead atoms. The molecule has 0 aliphatic rings. The number of hydrogen-bond donors (Lipinski definition) is 3. The zero-order valence-electron chi connectivity index (χ0n) is 17.9. The van der Waals surface area contributed by atoms with Crippen LogP contribution < -0.4 is 5.32 Å². The minimum atomic E-state index is -1.75. The van der Waals surface area contributed by atoms with Crippen molar-refractivity contribution in [2.75, 3.05) is 6.61 Å². The van der Waals surface area contributed by atoms with E-state index in [0.29, 0.717) is 17.0 Å². The fourth-order valence-electron chi connectivity index (χ4n) is 3.59. The van der Waals surface area contributed by atoms with Crippen molar-refractivity contribution in [3.05, 3.63) is 95.8 Å². The number of H-pyrrole nitrogens is 1. The molecule has 2 aromatic carbocycles. The zero-order chi connectivity index (χ0) is 24.1. The second-order valence-electron chi connectivity index (χ2n) is 7.64. The van der Waals surface area contributed by atoms with Crippen molar-refractivity contribution in [3.8, 4) is 22.5 Å². The van der Waals surface area contributed by atoms with E-state index in [4.69, 9.17) is 0 Å². The average molecular weight is 466 g/mol. The molecule has 3 N–H and O–H groups in total. The minimum absolute atomic E-state index is 0.0366. The number of amides is 1. The number of pyridine rings is 1. The summed E-state index contributed by atoms with van der Waals surface area (Å²) < 4.78 is 42.6. The number of nitrogens with one attached hydrogen (secondary N) is 2. The Balaban J connectivity index is 1.63. The molecule has 2 aromatic heterocycles. The standard InChI is InChI=1S/C25H21F3N4O2/c26-16-9-7-15(8-10-16)21-13-23(32-31-21)24-18(5-3-6-19(24)27)25(34)30-22(20(28)14-33)12-17-4-1-2-11-29-17/h1-11,13,20,22,33H,12,14H2,(H,30,34)(H,31,32)/t20-,22-/m1/s1. The zero-order valence-corrected chi connectivity index (χ0v) is 17.9. The number of halogens is 3. The number of carbonyl (C=O) groups is 1. The van der Waals surface area contributed by atoms with Gasteiger partial charge in [-0.2, -0.15) is 5.10 Å². The average Bonchev–Trinajstić information content (AvgIpc) is 3.33. The number of benzene rings is 2. The van der Waals surface area contributed by atoms with E-state index >= 15 is 0 Å². The van der Waals surface area contributed by atoms with Crippen molar-refractivity contribution in [2.45, 2.75) is 18.6 Å². The fourth-order valence-corrected chi connectivity index (χ4v) is 3.59. The van der Waals surface area contributed by atoms with E-state index < -0.39 is 36.4 Å². The van der Waals surface area contributed by atoms with Gasteiger partial charge in [0.1, 0.15) is 17.8 Å². The number of nitrogens with zero attached hydrogens (tertiary/aromatic N) is 2. The van der Waals surface area contributed by atoms with Crippen LogP contribution in [0.2, 0.25) is 0 Å². The Morgan fingerprint density at radius 1 is 1.06 bits per heavy atom. The highest BCUT2D eigenvalue weighted by Crippen LogP contribution is 2.29. The maximum Gasteiger partial charge on any atom is 0.252 e. The summed E-state index contributed by atoms with van der Waals surface area (Å²) in [4.78, 5) is 17.2. The van der Waals surface area contributed by atoms with E-state index in [1.54, 1.807) is 30.5 Å². The van der Waals surface area contributed by atoms with Gasteiger partial charge in [0.2, 0.25) is 0 Å². The molecule has 9 heteroatoms. The second-order valence-corrected chi connectivity index (χ2v) is 7.64. The number of aliphatic hydroxyl groups is 1. The van der Waals surface area contributed by atoms with E-state index in [2.05, 4.69) is 20.5 Å². The lowest BCUT2D eigenvalue weighted by Crippen LogP contribution is -2.44. The molecular formula is C25H21F3N4O2. The predicted molar refractivity (Wildman–Crippen MR) is 121 cm³/mol. The van der Waals surface area contributed by atoms with Crippen molar-refractivity contribution in [1.82, 2.24) is 20.5 Å². The quantitative estimate of drug-likeness (QED) is 0.365. The monoisotopic (exact) mass is 466 g/mol. The first-order chi connectivity index (χ1) is 16.5. The van der Waals surface area contributed by atoms with Gasteiger partial charge in [0.15, 0.2) is 0 Å². The summed E-state index contributed by atoms with van der Waals surface area (Å²) in [5.41, 5.74) is 1.71. The molecule has 0 saturated heterocycles. The van der Waals surface area contributed by atoms with Crippen molar-refractivity contribution < 1.29 is 23.1 Å². The molecule has 0 saturated carbocycles. The summed E-state index contributed by atoms with van der Waals surface area (Å²) in [6.07, 6.45) is -0.167. The number of rotatable bonds is 8. The molecule has 2 heterocycles. The SMILES string of the molecule is O=C(N[C@H](Cc1ccccn1)[C@H](F)CO)c1cccc(F)c1-c1cc(-c2ccc(F)cc2)n[nH]1. The Bertz CT molecular complexity index is 1260. The number of aromatic nitrogens is 3. The third kappa shape index (κ3) is 5.15. The van der Waals surface area contributed by atoms with Crippen LogP contribution in [0.5, 0.6) is 0 Å². The number of hydrogen-bond acceptors (Lipinski definition) is 4. The van der Waals surface area contributed by atoms with Crippen LogP contribution in [-0.4, -0.2) is 45.0 Å². The third-order valence-electron chi connectivity index (χ3n) is 5.33. The van der Waals surface area contributed by atoms with E-state index in [1.165, 1.54) is 42.5 Å². The lowest BCUT2D eigenvalue weighted by molar-refractivity contribution is 0.0869. The van der Waals surface area contributed by atoms with Crippen LogP contribution in [-0.2, 0) is 6.42 Å². The lowest BCUT2D eigenvalue weighted by atomic mass is 10.0. The number of aliphatic hydroxyl groups excluding tert-OH is 1. The maximum atomic E-state index is 14.9.